The molecule has 0 amide bonds. The fourth-order valence-electron chi connectivity index (χ4n) is 1.45. The summed E-state index contributed by atoms with van der Waals surface area (Å²) in [5.41, 5.74) is 1.21. The van der Waals surface area contributed by atoms with E-state index in [0.717, 1.165) is 0 Å². The predicted octanol–water partition coefficient (Wildman–Crippen LogP) is 4.18. The highest BCUT2D eigenvalue weighted by atomic mass is 127. The van der Waals surface area contributed by atoms with Crippen LogP contribution in [-0.4, -0.2) is 0 Å². The first-order valence-corrected chi connectivity index (χ1v) is 5.66. The van der Waals surface area contributed by atoms with Gasteiger partial charge in [-0.15, -0.1) is 11.6 Å². The molecule has 0 spiro atoms. The molecule has 0 aromatic heterocycles. The molecule has 0 unspecified atom stereocenters. The summed E-state index contributed by atoms with van der Waals surface area (Å²) >= 11 is 8.20. The van der Waals surface area contributed by atoms with Crippen molar-refractivity contribution in [2.45, 2.75) is 5.88 Å². The van der Waals surface area contributed by atoms with E-state index in [9.17, 15) is 0 Å². The third-order valence-electron chi connectivity index (χ3n) is 2.10. The molecule has 2 aromatic rings. The summed E-state index contributed by atoms with van der Waals surface area (Å²) in [7, 11) is 0. The van der Waals surface area contributed by atoms with Gasteiger partial charge in [0.05, 0.1) is 0 Å². The Morgan fingerprint density at radius 1 is 1.00 bits per heavy atom. The van der Waals surface area contributed by atoms with Gasteiger partial charge in [0.1, 0.15) is 0 Å². The second-order valence-electron chi connectivity index (χ2n) is 2.89. The van der Waals surface area contributed by atoms with E-state index in [0.29, 0.717) is 5.88 Å². The molecule has 0 saturated heterocycles. The lowest BCUT2D eigenvalue weighted by Gasteiger charge is -2.04. The average molecular weight is 303 g/mol. The van der Waals surface area contributed by atoms with Crippen LogP contribution in [0.1, 0.15) is 5.56 Å². The van der Waals surface area contributed by atoms with Gasteiger partial charge >= 0.3 is 0 Å². The van der Waals surface area contributed by atoms with E-state index in [1.807, 2.05) is 0 Å². The minimum absolute atomic E-state index is 0.581. The van der Waals surface area contributed by atoms with Gasteiger partial charge in [-0.3, -0.25) is 0 Å². The summed E-state index contributed by atoms with van der Waals surface area (Å²) < 4.78 is 1.28. The first-order valence-electron chi connectivity index (χ1n) is 4.05. The van der Waals surface area contributed by atoms with Crippen LogP contribution >= 0.6 is 34.2 Å². The van der Waals surface area contributed by atoms with Crippen molar-refractivity contribution >= 4 is 45.0 Å². The Hall–Kier alpha value is -0.280. The molecule has 0 saturated carbocycles. The van der Waals surface area contributed by atoms with E-state index in [4.69, 9.17) is 11.6 Å². The molecule has 0 aliphatic carbocycles. The summed E-state index contributed by atoms with van der Waals surface area (Å²) in [5, 5.41) is 2.56. The number of rotatable bonds is 1. The van der Waals surface area contributed by atoms with Crippen molar-refractivity contribution in [2.24, 2.45) is 0 Å². The molecule has 0 atom stereocenters. The van der Waals surface area contributed by atoms with Crippen molar-refractivity contribution in [2.75, 3.05) is 0 Å². The van der Waals surface area contributed by atoms with Crippen LogP contribution in [0.15, 0.2) is 36.4 Å². The van der Waals surface area contributed by atoms with Crippen LogP contribution in [0.5, 0.6) is 0 Å². The average Bonchev–Trinajstić information content (AvgIpc) is 2.18. The normalized spacial score (nSPS) is 10.6. The number of fused-ring (bicyclic) bond motifs is 1. The zero-order valence-corrected chi connectivity index (χ0v) is 9.84. The summed E-state index contributed by atoms with van der Waals surface area (Å²) in [6, 6.07) is 12.6. The highest BCUT2D eigenvalue weighted by Gasteiger charge is 2.00. The van der Waals surface area contributed by atoms with Crippen LogP contribution in [-0.2, 0) is 5.88 Å². The van der Waals surface area contributed by atoms with E-state index in [1.54, 1.807) is 0 Å². The third-order valence-corrected chi connectivity index (χ3v) is 3.33. The Morgan fingerprint density at radius 3 is 2.46 bits per heavy atom. The van der Waals surface area contributed by atoms with Gasteiger partial charge in [0.25, 0.3) is 0 Å². The van der Waals surface area contributed by atoms with E-state index >= 15 is 0 Å². The molecule has 2 rings (SSSR count). The molecule has 0 aliphatic rings. The fraction of sp³-hybridized carbons (Fsp3) is 0.0909. The highest BCUT2D eigenvalue weighted by Crippen LogP contribution is 2.24. The molecule has 13 heavy (non-hydrogen) atoms. The quantitative estimate of drug-likeness (QED) is 0.547. The second kappa shape index (κ2) is 3.84. The Kier molecular flexibility index (Phi) is 2.74. The molecule has 2 aromatic carbocycles. The SMILES string of the molecule is ClCc1cccc2c(I)cccc12. The minimum atomic E-state index is 0.581. The molecular formula is C11H8ClI. The van der Waals surface area contributed by atoms with Crippen molar-refractivity contribution < 1.29 is 0 Å². The van der Waals surface area contributed by atoms with E-state index < -0.39 is 0 Å². The van der Waals surface area contributed by atoms with Gasteiger partial charge in [-0.25, -0.2) is 0 Å². The monoisotopic (exact) mass is 302 g/mol. The van der Waals surface area contributed by atoms with Crippen molar-refractivity contribution in [3.8, 4) is 0 Å². The van der Waals surface area contributed by atoms with Gasteiger partial charge in [-0.2, -0.15) is 0 Å². The van der Waals surface area contributed by atoms with Crippen LogP contribution in [0.25, 0.3) is 10.8 Å². The smallest absolute Gasteiger partial charge is 0.0480 e. The topological polar surface area (TPSA) is 0 Å². The van der Waals surface area contributed by atoms with Gasteiger partial charge < -0.3 is 0 Å². The summed E-state index contributed by atoms with van der Waals surface area (Å²) in [4.78, 5) is 0. The summed E-state index contributed by atoms with van der Waals surface area (Å²) in [6.07, 6.45) is 0. The first-order chi connectivity index (χ1) is 6.33. The maximum Gasteiger partial charge on any atom is 0.0480 e. The van der Waals surface area contributed by atoms with Gasteiger partial charge in [0.2, 0.25) is 0 Å². The number of alkyl halides is 1. The molecule has 0 fully saturated rings. The molecule has 0 aliphatic heterocycles. The lowest BCUT2D eigenvalue weighted by atomic mass is 10.1. The van der Waals surface area contributed by atoms with Gasteiger partial charge in [0.15, 0.2) is 0 Å². The van der Waals surface area contributed by atoms with Gasteiger partial charge in [0, 0.05) is 9.45 Å². The van der Waals surface area contributed by atoms with Crippen LogP contribution in [0.2, 0.25) is 0 Å². The predicted molar refractivity (Wildman–Crippen MR) is 66.2 cm³/mol. The van der Waals surface area contributed by atoms with E-state index in [-0.39, 0.29) is 0 Å². The molecular weight excluding hydrogens is 294 g/mol. The van der Waals surface area contributed by atoms with Crippen LogP contribution < -0.4 is 0 Å². The molecule has 0 bridgehead atoms. The van der Waals surface area contributed by atoms with Gasteiger partial charge in [-0.05, 0) is 45.0 Å². The molecule has 0 nitrogen and oxygen atoms in total. The van der Waals surface area contributed by atoms with Crippen molar-refractivity contribution in [1.29, 1.82) is 0 Å². The van der Waals surface area contributed by atoms with Gasteiger partial charge in [-0.1, -0.05) is 30.3 Å². The van der Waals surface area contributed by atoms with Crippen LogP contribution in [0, 0.1) is 3.57 Å². The third kappa shape index (κ3) is 1.67. The molecule has 66 valence electrons. The van der Waals surface area contributed by atoms with E-state index in [2.05, 4.69) is 59.0 Å². The Morgan fingerprint density at radius 2 is 1.69 bits per heavy atom. The summed E-state index contributed by atoms with van der Waals surface area (Å²) in [5.74, 6) is 0.581. The number of hydrogen-bond donors (Lipinski definition) is 0. The zero-order chi connectivity index (χ0) is 9.26. The molecule has 0 radical (unpaired) electrons. The number of halogens is 2. The fourth-order valence-corrected chi connectivity index (χ4v) is 2.36. The van der Waals surface area contributed by atoms with Crippen molar-refractivity contribution in [1.82, 2.24) is 0 Å². The lowest BCUT2D eigenvalue weighted by Crippen LogP contribution is -1.83. The second-order valence-corrected chi connectivity index (χ2v) is 4.32. The highest BCUT2D eigenvalue weighted by molar-refractivity contribution is 14.1. The first kappa shape index (κ1) is 9.28. The molecule has 2 heteroatoms. The Balaban J connectivity index is 2.84. The Labute approximate surface area is 96.0 Å². The molecule has 0 heterocycles. The maximum atomic E-state index is 5.86. The Bertz CT molecular complexity index is 437. The van der Waals surface area contributed by atoms with Crippen LogP contribution in [0.4, 0.5) is 0 Å². The van der Waals surface area contributed by atoms with Crippen LogP contribution in [0.3, 0.4) is 0 Å². The number of hydrogen-bond acceptors (Lipinski definition) is 0. The minimum Gasteiger partial charge on any atom is -0.122 e. The standard InChI is InChI=1S/C11H8ClI/c12-7-8-3-1-5-10-9(8)4-2-6-11(10)13/h1-6H,7H2. The molecule has 0 N–H and O–H groups in total. The summed E-state index contributed by atoms with van der Waals surface area (Å²) in [6.45, 7) is 0. The van der Waals surface area contributed by atoms with Crippen molar-refractivity contribution in [3.63, 3.8) is 0 Å². The lowest BCUT2D eigenvalue weighted by molar-refractivity contribution is 1.45. The maximum absolute atomic E-state index is 5.86. The zero-order valence-electron chi connectivity index (χ0n) is 6.93. The van der Waals surface area contributed by atoms with Crippen molar-refractivity contribution in [3.05, 3.63) is 45.5 Å². The van der Waals surface area contributed by atoms with E-state index in [1.165, 1.54) is 19.9 Å². The largest absolute Gasteiger partial charge is 0.122 e. The number of benzene rings is 2.